The molecule has 1 aromatic rings. The molecule has 0 spiro atoms. The summed E-state index contributed by atoms with van der Waals surface area (Å²) in [5.41, 5.74) is 0.658. The van der Waals surface area contributed by atoms with E-state index in [4.69, 9.17) is 15.1 Å². The van der Waals surface area contributed by atoms with Gasteiger partial charge in [0, 0.05) is 0 Å². The molecule has 0 aliphatic carbocycles. The Morgan fingerprint density at radius 3 is 3.00 bits per heavy atom. The highest BCUT2D eigenvalue weighted by Crippen LogP contribution is 2.15. The molecule has 1 N–H and O–H groups in total. The molecule has 0 saturated carbocycles. The summed E-state index contributed by atoms with van der Waals surface area (Å²) in [7, 11) is 0. The number of nitriles is 1. The molecular formula is C11H11NO3. The van der Waals surface area contributed by atoms with E-state index in [1.807, 2.05) is 6.07 Å². The largest absolute Gasteiger partial charge is 0.481 e. The second kappa shape index (κ2) is 5.01. The normalized spacial score (nSPS) is 11.5. The Hall–Kier alpha value is -2.02. The highest BCUT2D eigenvalue weighted by molar-refractivity contribution is 5.70. The molecule has 1 atom stereocenters. The van der Waals surface area contributed by atoms with Crippen LogP contribution in [-0.4, -0.2) is 17.2 Å². The summed E-state index contributed by atoms with van der Waals surface area (Å²) in [6.07, 6.45) is -0.580. The predicted molar refractivity (Wildman–Crippen MR) is 53.5 cm³/mol. The first-order chi connectivity index (χ1) is 7.11. The van der Waals surface area contributed by atoms with Crippen molar-refractivity contribution in [3.05, 3.63) is 29.8 Å². The maximum absolute atomic E-state index is 10.5. The molecule has 1 aromatic carbocycles. The zero-order valence-corrected chi connectivity index (χ0v) is 8.30. The summed E-state index contributed by atoms with van der Waals surface area (Å²) >= 11 is 0. The van der Waals surface area contributed by atoms with E-state index in [0.29, 0.717) is 11.3 Å². The fourth-order valence-corrected chi connectivity index (χ4v) is 1.13. The summed E-state index contributed by atoms with van der Waals surface area (Å²) in [5, 5.41) is 17.1. The molecule has 0 aliphatic rings. The number of nitrogens with zero attached hydrogens (tertiary/aromatic N) is 1. The maximum Gasteiger partial charge on any atom is 0.307 e. The van der Waals surface area contributed by atoms with Crippen molar-refractivity contribution in [1.29, 1.82) is 5.26 Å². The molecule has 78 valence electrons. The molecule has 1 rings (SSSR count). The van der Waals surface area contributed by atoms with E-state index in [-0.39, 0.29) is 6.42 Å². The van der Waals surface area contributed by atoms with E-state index in [9.17, 15) is 4.79 Å². The second-order valence-electron chi connectivity index (χ2n) is 3.11. The predicted octanol–water partition coefficient (Wildman–Crippen LogP) is 1.60. The minimum absolute atomic E-state index is 0.0435. The Morgan fingerprint density at radius 2 is 2.40 bits per heavy atom. The van der Waals surface area contributed by atoms with Crippen LogP contribution in [0.4, 0.5) is 0 Å². The lowest BCUT2D eigenvalue weighted by molar-refractivity contribution is -0.136. The molecule has 0 bridgehead atoms. The molecule has 0 aromatic heterocycles. The Bertz CT molecular complexity index is 395. The Labute approximate surface area is 87.7 Å². The number of carbonyl (C=O) groups is 1. The molecule has 0 radical (unpaired) electrons. The van der Waals surface area contributed by atoms with Gasteiger partial charge < -0.3 is 9.84 Å². The van der Waals surface area contributed by atoms with Crippen molar-refractivity contribution in [2.24, 2.45) is 0 Å². The highest BCUT2D eigenvalue weighted by atomic mass is 16.5. The molecule has 4 nitrogen and oxygen atoms in total. The fraction of sp³-hybridized carbons (Fsp3) is 0.273. The van der Waals surface area contributed by atoms with Crippen molar-refractivity contribution in [3.63, 3.8) is 0 Å². The van der Waals surface area contributed by atoms with Crippen molar-refractivity contribution in [3.8, 4) is 11.8 Å². The zero-order chi connectivity index (χ0) is 11.3. The van der Waals surface area contributed by atoms with E-state index in [1.54, 1.807) is 31.2 Å². The summed E-state index contributed by atoms with van der Waals surface area (Å²) in [5.74, 6) is -0.372. The average molecular weight is 205 g/mol. The lowest BCUT2D eigenvalue weighted by Crippen LogP contribution is -2.08. The third-order valence-corrected chi connectivity index (χ3v) is 1.75. The number of carboxylic acids is 1. The van der Waals surface area contributed by atoms with Crippen LogP contribution in [0.25, 0.3) is 0 Å². The van der Waals surface area contributed by atoms with Gasteiger partial charge in [0.1, 0.15) is 11.8 Å². The molecule has 0 amide bonds. The smallest absolute Gasteiger partial charge is 0.307 e. The molecule has 0 aliphatic heterocycles. The first-order valence-corrected chi connectivity index (χ1v) is 4.49. The van der Waals surface area contributed by atoms with E-state index in [1.165, 1.54) is 0 Å². The van der Waals surface area contributed by atoms with Crippen molar-refractivity contribution < 1.29 is 14.6 Å². The molecule has 0 unspecified atom stereocenters. The van der Waals surface area contributed by atoms with Gasteiger partial charge in [0.25, 0.3) is 0 Å². The molecule has 15 heavy (non-hydrogen) atoms. The van der Waals surface area contributed by atoms with Crippen molar-refractivity contribution >= 4 is 5.97 Å². The van der Waals surface area contributed by atoms with Crippen LogP contribution in [-0.2, 0) is 11.2 Å². The molecular weight excluding hydrogens is 194 g/mol. The minimum Gasteiger partial charge on any atom is -0.481 e. The first-order valence-electron chi connectivity index (χ1n) is 4.49. The van der Waals surface area contributed by atoms with Crippen LogP contribution in [0.2, 0.25) is 0 Å². The number of benzene rings is 1. The molecule has 0 saturated heterocycles. The molecule has 0 fully saturated rings. The number of rotatable bonds is 4. The zero-order valence-electron chi connectivity index (χ0n) is 8.30. The van der Waals surface area contributed by atoms with Crippen molar-refractivity contribution in [1.82, 2.24) is 0 Å². The Morgan fingerprint density at radius 1 is 1.67 bits per heavy atom. The van der Waals surface area contributed by atoms with Gasteiger partial charge in [-0.05, 0) is 24.6 Å². The third-order valence-electron chi connectivity index (χ3n) is 1.75. The minimum atomic E-state index is -0.888. The number of ether oxygens (including phenoxy) is 1. The maximum atomic E-state index is 10.5. The monoisotopic (exact) mass is 205 g/mol. The summed E-state index contributed by atoms with van der Waals surface area (Å²) in [6, 6.07) is 8.67. The van der Waals surface area contributed by atoms with Gasteiger partial charge in [-0.2, -0.15) is 5.26 Å². The van der Waals surface area contributed by atoms with Gasteiger partial charge in [-0.25, -0.2) is 0 Å². The number of hydrogen-bond acceptors (Lipinski definition) is 3. The van der Waals surface area contributed by atoms with E-state index in [0.717, 1.165) is 0 Å². The van der Waals surface area contributed by atoms with Gasteiger partial charge in [-0.1, -0.05) is 12.1 Å². The van der Waals surface area contributed by atoms with Gasteiger partial charge >= 0.3 is 5.97 Å². The molecule has 4 heteroatoms. The first kappa shape index (κ1) is 11.1. The van der Waals surface area contributed by atoms with Crippen LogP contribution in [0.15, 0.2) is 24.3 Å². The number of hydrogen-bond donors (Lipinski definition) is 1. The lowest BCUT2D eigenvalue weighted by Gasteiger charge is -2.08. The van der Waals surface area contributed by atoms with Crippen LogP contribution >= 0.6 is 0 Å². The number of aliphatic carboxylic acids is 1. The van der Waals surface area contributed by atoms with Crippen molar-refractivity contribution in [2.45, 2.75) is 19.4 Å². The summed E-state index contributed by atoms with van der Waals surface area (Å²) in [4.78, 5) is 10.5. The molecule has 0 heterocycles. The summed E-state index contributed by atoms with van der Waals surface area (Å²) in [6.45, 7) is 1.63. The highest BCUT2D eigenvalue weighted by Gasteiger charge is 2.04. The standard InChI is InChI=1S/C11H11NO3/c1-8(7-12)15-10-4-2-3-9(5-10)6-11(13)14/h2-5,8H,6H2,1H3,(H,13,14)/t8-/m1/s1. The van der Waals surface area contributed by atoms with Crippen LogP contribution < -0.4 is 4.74 Å². The summed E-state index contributed by atoms with van der Waals surface area (Å²) < 4.78 is 5.23. The van der Waals surface area contributed by atoms with Crippen LogP contribution in [0.5, 0.6) is 5.75 Å². The fourth-order valence-electron chi connectivity index (χ4n) is 1.13. The van der Waals surface area contributed by atoms with Gasteiger partial charge in [0.15, 0.2) is 6.10 Å². The van der Waals surface area contributed by atoms with E-state index in [2.05, 4.69) is 0 Å². The van der Waals surface area contributed by atoms with Crippen LogP contribution in [0.3, 0.4) is 0 Å². The third kappa shape index (κ3) is 3.69. The van der Waals surface area contributed by atoms with Gasteiger partial charge in [0.2, 0.25) is 0 Å². The van der Waals surface area contributed by atoms with Crippen molar-refractivity contribution in [2.75, 3.05) is 0 Å². The van der Waals surface area contributed by atoms with Gasteiger partial charge in [-0.3, -0.25) is 4.79 Å². The number of carboxylic acid groups (broad SMARTS) is 1. The van der Waals surface area contributed by atoms with E-state index < -0.39 is 12.1 Å². The second-order valence-corrected chi connectivity index (χ2v) is 3.11. The quantitative estimate of drug-likeness (QED) is 0.810. The average Bonchev–Trinajstić information content (AvgIpc) is 2.17. The van der Waals surface area contributed by atoms with Gasteiger partial charge in [-0.15, -0.1) is 0 Å². The Kier molecular flexibility index (Phi) is 3.69. The van der Waals surface area contributed by atoms with Crippen LogP contribution in [0, 0.1) is 11.3 Å². The van der Waals surface area contributed by atoms with E-state index >= 15 is 0 Å². The van der Waals surface area contributed by atoms with Gasteiger partial charge in [0.05, 0.1) is 6.42 Å². The van der Waals surface area contributed by atoms with Crippen LogP contribution in [0.1, 0.15) is 12.5 Å². The SMILES string of the molecule is C[C@H](C#N)Oc1cccc(CC(=O)O)c1. The lowest BCUT2D eigenvalue weighted by atomic mass is 10.1. The topological polar surface area (TPSA) is 70.3 Å². The Balaban J connectivity index is 2.75.